The third-order valence-corrected chi connectivity index (χ3v) is 3.61. The highest BCUT2D eigenvalue weighted by atomic mass is 15.1. The molecule has 5 nitrogen and oxygen atoms in total. The van der Waals surface area contributed by atoms with Gasteiger partial charge in [-0.1, -0.05) is 31.2 Å². The summed E-state index contributed by atoms with van der Waals surface area (Å²) >= 11 is 0. The van der Waals surface area contributed by atoms with Gasteiger partial charge in [-0.25, -0.2) is 9.97 Å². The number of aromatic nitrogens is 2. The van der Waals surface area contributed by atoms with E-state index in [4.69, 9.17) is 0 Å². The van der Waals surface area contributed by atoms with Gasteiger partial charge in [-0.2, -0.15) is 0 Å². The van der Waals surface area contributed by atoms with Crippen LogP contribution < -0.4 is 16.0 Å². The van der Waals surface area contributed by atoms with Crippen LogP contribution in [0.4, 0.5) is 5.95 Å². The lowest BCUT2D eigenvalue weighted by Gasteiger charge is -2.08. The Morgan fingerprint density at radius 1 is 1.13 bits per heavy atom. The highest BCUT2D eigenvalue weighted by Gasteiger charge is 2.12. The van der Waals surface area contributed by atoms with Crippen molar-refractivity contribution in [2.24, 2.45) is 0 Å². The first-order chi connectivity index (χ1) is 11.1. The SMILES string of the molecule is C1CCNCC1.C=C(C)/C=C\C(=C)Nc1ncc2c(n1)CNC2. The number of hydrogen-bond donors (Lipinski definition) is 3. The minimum absolute atomic E-state index is 0.587. The second-order valence-electron chi connectivity index (χ2n) is 5.91. The molecule has 0 aliphatic carbocycles. The molecule has 0 unspecified atom stereocenters. The summed E-state index contributed by atoms with van der Waals surface area (Å²) < 4.78 is 0. The molecule has 0 bridgehead atoms. The molecule has 2 aliphatic heterocycles. The van der Waals surface area contributed by atoms with Gasteiger partial charge in [0.05, 0.1) is 5.69 Å². The van der Waals surface area contributed by atoms with Crippen molar-refractivity contribution in [1.29, 1.82) is 0 Å². The second-order valence-corrected chi connectivity index (χ2v) is 5.91. The standard InChI is InChI=1S/C13H16N4.C5H11N/c1-9(2)4-5-10(3)16-13-15-7-11-6-14-8-12(11)17-13;1-2-4-6-5-3-1/h4-5,7,14H,1,3,6,8H2,2H3,(H,15,16,17);6H,1-5H2/b5-4-;. The number of allylic oxidation sites excluding steroid dienone is 3. The largest absolute Gasteiger partial charge is 0.325 e. The fourth-order valence-electron chi connectivity index (χ4n) is 2.35. The van der Waals surface area contributed by atoms with Gasteiger partial charge >= 0.3 is 0 Å². The van der Waals surface area contributed by atoms with Crippen LogP contribution in [0.5, 0.6) is 0 Å². The maximum absolute atomic E-state index is 4.42. The summed E-state index contributed by atoms with van der Waals surface area (Å²) in [5.41, 5.74) is 3.95. The van der Waals surface area contributed by atoms with E-state index in [0.29, 0.717) is 5.95 Å². The normalized spacial score (nSPS) is 16.4. The molecule has 0 amide bonds. The zero-order valence-electron chi connectivity index (χ0n) is 14.0. The van der Waals surface area contributed by atoms with Crippen molar-refractivity contribution in [3.8, 4) is 0 Å². The maximum Gasteiger partial charge on any atom is 0.227 e. The van der Waals surface area contributed by atoms with Crippen molar-refractivity contribution in [3.05, 3.63) is 54.0 Å². The molecule has 3 N–H and O–H groups in total. The van der Waals surface area contributed by atoms with E-state index < -0.39 is 0 Å². The number of piperidine rings is 1. The van der Waals surface area contributed by atoms with Crippen LogP contribution in [0.2, 0.25) is 0 Å². The molecule has 2 aliphatic rings. The van der Waals surface area contributed by atoms with E-state index in [1.54, 1.807) is 0 Å². The summed E-state index contributed by atoms with van der Waals surface area (Å²) in [6.45, 7) is 13.8. The number of hydrogen-bond acceptors (Lipinski definition) is 5. The van der Waals surface area contributed by atoms with E-state index in [1.165, 1.54) is 37.9 Å². The summed E-state index contributed by atoms with van der Waals surface area (Å²) in [6.07, 6.45) is 9.81. The number of anilines is 1. The van der Waals surface area contributed by atoms with Gasteiger partial charge in [0.2, 0.25) is 5.95 Å². The lowest BCUT2D eigenvalue weighted by molar-refractivity contribution is 0.520. The Balaban J connectivity index is 0.000000268. The van der Waals surface area contributed by atoms with E-state index in [-0.39, 0.29) is 0 Å². The number of rotatable bonds is 4. The Kier molecular flexibility index (Phi) is 6.97. The third-order valence-electron chi connectivity index (χ3n) is 3.61. The minimum Gasteiger partial charge on any atom is -0.325 e. The van der Waals surface area contributed by atoms with E-state index >= 15 is 0 Å². The van der Waals surface area contributed by atoms with E-state index in [2.05, 4.69) is 39.1 Å². The summed E-state index contributed by atoms with van der Waals surface area (Å²) in [5.74, 6) is 0.587. The molecule has 0 atom stereocenters. The van der Waals surface area contributed by atoms with Crippen molar-refractivity contribution in [2.75, 3.05) is 18.4 Å². The molecule has 124 valence electrons. The van der Waals surface area contributed by atoms with Gasteiger partial charge in [-0.3, -0.25) is 0 Å². The van der Waals surface area contributed by atoms with Crippen molar-refractivity contribution in [1.82, 2.24) is 20.6 Å². The van der Waals surface area contributed by atoms with E-state index in [9.17, 15) is 0 Å². The van der Waals surface area contributed by atoms with Gasteiger partial charge in [0.15, 0.2) is 0 Å². The van der Waals surface area contributed by atoms with Gasteiger partial charge < -0.3 is 16.0 Å². The Bertz CT molecular complexity index is 561. The first kappa shape index (κ1) is 17.4. The molecule has 0 aromatic carbocycles. The Hall–Kier alpha value is -1.98. The van der Waals surface area contributed by atoms with Crippen molar-refractivity contribution in [2.45, 2.75) is 39.3 Å². The van der Waals surface area contributed by atoms with Crippen LogP contribution in [0.25, 0.3) is 0 Å². The predicted molar refractivity (Wildman–Crippen MR) is 96.0 cm³/mol. The highest BCUT2D eigenvalue weighted by Crippen LogP contribution is 2.14. The van der Waals surface area contributed by atoms with Crippen LogP contribution in [0.15, 0.2) is 42.8 Å². The fraction of sp³-hybridized carbons (Fsp3) is 0.444. The average Bonchev–Trinajstić information content (AvgIpc) is 3.03. The molecule has 3 rings (SSSR count). The van der Waals surface area contributed by atoms with Crippen LogP contribution >= 0.6 is 0 Å². The lowest BCUT2D eigenvalue weighted by Crippen LogP contribution is -2.21. The average molecular weight is 313 g/mol. The van der Waals surface area contributed by atoms with Crippen LogP contribution in [0.3, 0.4) is 0 Å². The number of nitrogens with zero attached hydrogens (tertiary/aromatic N) is 2. The Morgan fingerprint density at radius 2 is 1.91 bits per heavy atom. The topological polar surface area (TPSA) is 61.9 Å². The van der Waals surface area contributed by atoms with E-state index in [0.717, 1.165) is 30.1 Å². The Morgan fingerprint density at radius 3 is 2.52 bits per heavy atom. The quantitative estimate of drug-likeness (QED) is 0.746. The summed E-state index contributed by atoms with van der Waals surface area (Å²) in [6, 6.07) is 0. The molecule has 0 spiro atoms. The first-order valence-electron chi connectivity index (χ1n) is 8.21. The molecular formula is C18H27N5. The summed E-state index contributed by atoms with van der Waals surface area (Å²) in [7, 11) is 0. The monoisotopic (exact) mass is 313 g/mol. The third kappa shape index (κ3) is 6.34. The van der Waals surface area contributed by atoms with Crippen LogP contribution in [0.1, 0.15) is 37.4 Å². The number of fused-ring (bicyclic) bond motifs is 1. The molecule has 0 saturated carbocycles. The smallest absolute Gasteiger partial charge is 0.227 e. The van der Waals surface area contributed by atoms with E-state index in [1.807, 2.05) is 25.3 Å². The molecule has 23 heavy (non-hydrogen) atoms. The predicted octanol–water partition coefficient (Wildman–Crippen LogP) is 2.90. The second kappa shape index (κ2) is 9.22. The van der Waals surface area contributed by atoms with Gasteiger partial charge in [0, 0.05) is 30.5 Å². The zero-order chi connectivity index (χ0) is 16.5. The highest BCUT2D eigenvalue weighted by molar-refractivity contribution is 5.41. The van der Waals surface area contributed by atoms with Crippen LogP contribution in [0, 0.1) is 0 Å². The van der Waals surface area contributed by atoms with Gasteiger partial charge in [-0.05, 0) is 38.9 Å². The Labute approximate surface area is 139 Å². The van der Waals surface area contributed by atoms with Crippen molar-refractivity contribution in [3.63, 3.8) is 0 Å². The zero-order valence-corrected chi connectivity index (χ0v) is 14.0. The van der Waals surface area contributed by atoms with Crippen molar-refractivity contribution < 1.29 is 0 Å². The minimum atomic E-state index is 0.587. The van der Waals surface area contributed by atoms with Crippen LogP contribution in [-0.4, -0.2) is 23.1 Å². The summed E-state index contributed by atoms with van der Waals surface area (Å²) in [5, 5.41) is 9.57. The van der Waals surface area contributed by atoms with Gasteiger partial charge in [-0.15, -0.1) is 0 Å². The van der Waals surface area contributed by atoms with Crippen molar-refractivity contribution >= 4 is 5.95 Å². The first-order valence-corrected chi connectivity index (χ1v) is 8.21. The molecule has 0 radical (unpaired) electrons. The summed E-state index contributed by atoms with van der Waals surface area (Å²) in [4.78, 5) is 8.66. The molecule has 3 heterocycles. The number of nitrogens with one attached hydrogen (secondary N) is 3. The molecule has 1 aromatic heterocycles. The lowest BCUT2D eigenvalue weighted by atomic mass is 10.2. The molecule has 1 fully saturated rings. The molecular weight excluding hydrogens is 286 g/mol. The van der Waals surface area contributed by atoms with Crippen LogP contribution in [-0.2, 0) is 13.1 Å². The molecule has 5 heteroatoms. The fourth-order valence-corrected chi connectivity index (χ4v) is 2.35. The van der Waals surface area contributed by atoms with Gasteiger partial charge in [0.1, 0.15) is 0 Å². The van der Waals surface area contributed by atoms with Gasteiger partial charge in [0.25, 0.3) is 0 Å². The molecule has 1 aromatic rings. The maximum atomic E-state index is 4.42. The molecule has 1 saturated heterocycles.